The predicted molar refractivity (Wildman–Crippen MR) is 72.4 cm³/mol. The highest BCUT2D eigenvalue weighted by molar-refractivity contribution is 5.85. The zero-order valence-corrected chi connectivity index (χ0v) is 11.4. The molecule has 17 heavy (non-hydrogen) atoms. The molecule has 0 bridgehead atoms. The minimum absolute atomic E-state index is 0. The van der Waals surface area contributed by atoms with E-state index in [2.05, 4.69) is 10.6 Å². The molecule has 0 radical (unpaired) electrons. The Hall–Kier alpha value is -0.280. The Morgan fingerprint density at radius 2 is 1.76 bits per heavy atom. The summed E-state index contributed by atoms with van der Waals surface area (Å²) >= 11 is 0. The first-order chi connectivity index (χ1) is 7.86. The van der Waals surface area contributed by atoms with Crippen molar-refractivity contribution in [2.75, 3.05) is 19.6 Å². The van der Waals surface area contributed by atoms with Gasteiger partial charge in [0.05, 0.1) is 0 Å². The normalized spacial score (nSPS) is 22.1. The number of carbonyl (C=O) groups is 1. The molecule has 100 valence electrons. The summed E-state index contributed by atoms with van der Waals surface area (Å²) in [5.74, 6) is 1.46. The number of halogens is 1. The predicted octanol–water partition coefficient (Wildman–Crippen LogP) is 2.10. The van der Waals surface area contributed by atoms with Crippen LogP contribution in [0.3, 0.4) is 0 Å². The van der Waals surface area contributed by atoms with E-state index in [-0.39, 0.29) is 12.4 Å². The molecule has 1 aliphatic heterocycles. The van der Waals surface area contributed by atoms with E-state index in [0.717, 1.165) is 38.4 Å². The van der Waals surface area contributed by atoms with E-state index < -0.39 is 0 Å². The van der Waals surface area contributed by atoms with Crippen LogP contribution < -0.4 is 10.6 Å². The van der Waals surface area contributed by atoms with E-state index in [9.17, 15) is 4.79 Å². The lowest BCUT2D eigenvalue weighted by Crippen LogP contribution is -2.33. The van der Waals surface area contributed by atoms with Crippen molar-refractivity contribution in [1.29, 1.82) is 0 Å². The van der Waals surface area contributed by atoms with Crippen molar-refractivity contribution in [1.82, 2.24) is 10.6 Å². The molecule has 1 heterocycles. The number of hydrogen-bond donors (Lipinski definition) is 2. The molecule has 1 saturated carbocycles. The standard InChI is InChI=1S/C13H24N2O.ClH/c16-13(12-3-1-2-4-12)15-10-7-11-5-8-14-9-6-11;/h11-12,14H,1-10H2,(H,15,16);1H. The maximum Gasteiger partial charge on any atom is 0.223 e. The van der Waals surface area contributed by atoms with E-state index in [0.29, 0.717) is 11.8 Å². The van der Waals surface area contributed by atoms with Gasteiger partial charge in [0.15, 0.2) is 0 Å². The van der Waals surface area contributed by atoms with Crippen molar-refractivity contribution in [2.45, 2.75) is 44.9 Å². The number of nitrogens with one attached hydrogen (secondary N) is 2. The molecule has 0 aromatic carbocycles. The average Bonchev–Trinajstić information content (AvgIpc) is 2.84. The van der Waals surface area contributed by atoms with Crippen LogP contribution in [-0.2, 0) is 4.79 Å². The molecule has 0 aromatic rings. The summed E-state index contributed by atoms with van der Waals surface area (Å²) in [6, 6.07) is 0. The highest BCUT2D eigenvalue weighted by Crippen LogP contribution is 2.24. The minimum Gasteiger partial charge on any atom is -0.356 e. The fraction of sp³-hybridized carbons (Fsp3) is 0.923. The Morgan fingerprint density at radius 1 is 1.12 bits per heavy atom. The SMILES string of the molecule is Cl.O=C(NCCC1CCNCC1)C1CCCC1. The average molecular weight is 261 g/mol. The maximum absolute atomic E-state index is 11.8. The largest absolute Gasteiger partial charge is 0.356 e. The molecule has 4 heteroatoms. The third-order valence-corrected chi connectivity index (χ3v) is 4.04. The van der Waals surface area contributed by atoms with Gasteiger partial charge in [0.2, 0.25) is 5.91 Å². The summed E-state index contributed by atoms with van der Waals surface area (Å²) in [5, 5.41) is 6.48. The molecule has 1 amide bonds. The Labute approximate surface area is 111 Å². The van der Waals surface area contributed by atoms with Gasteiger partial charge >= 0.3 is 0 Å². The molecule has 0 aromatic heterocycles. The lowest BCUT2D eigenvalue weighted by molar-refractivity contribution is -0.124. The Balaban J connectivity index is 0.00000144. The van der Waals surface area contributed by atoms with Gasteiger partial charge in [-0.1, -0.05) is 12.8 Å². The number of carbonyl (C=O) groups excluding carboxylic acids is 1. The van der Waals surface area contributed by atoms with Crippen LogP contribution in [0, 0.1) is 11.8 Å². The highest BCUT2D eigenvalue weighted by atomic mass is 35.5. The zero-order chi connectivity index (χ0) is 11.2. The molecule has 0 unspecified atom stereocenters. The molecule has 2 N–H and O–H groups in total. The molecule has 0 atom stereocenters. The second-order valence-electron chi connectivity index (χ2n) is 5.25. The molecule has 1 saturated heterocycles. The van der Waals surface area contributed by atoms with Crippen LogP contribution in [0.2, 0.25) is 0 Å². The second kappa shape index (κ2) is 7.93. The lowest BCUT2D eigenvalue weighted by atomic mass is 9.94. The van der Waals surface area contributed by atoms with E-state index >= 15 is 0 Å². The van der Waals surface area contributed by atoms with Crippen LogP contribution in [0.5, 0.6) is 0 Å². The van der Waals surface area contributed by atoms with Crippen molar-refractivity contribution < 1.29 is 4.79 Å². The van der Waals surface area contributed by atoms with Crippen molar-refractivity contribution in [3.8, 4) is 0 Å². The van der Waals surface area contributed by atoms with Crippen molar-refractivity contribution in [2.24, 2.45) is 11.8 Å². The number of piperidine rings is 1. The first kappa shape index (κ1) is 14.8. The van der Waals surface area contributed by atoms with Crippen molar-refractivity contribution in [3.05, 3.63) is 0 Å². The topological polar surface area (TPSA) is 41.1 Å². The van der Waals surface area contributed by atoms with E-state index in [1.165, 1.54) is 32.1 Å². The third kappa shape index (κ3) is 4.84. The Kier molecular flexibility index (Phi) is 6.90. The summed E-state index contributed by atoms with van der Waals surface area (Å²) in [4.78, 5) is 11.8. The number of amides is 1. The first-order valence-corrected chi connectivity index (χ1v) is 6.84. The summed E-state index contributed by atoms with van der Waals surface area (Å²) in [5.41, 5.74) is 0. The minimum atomic E-state index is 0. The molecule has 0 spiro atoms. The lowest BCUT2D eigenvalue weighted by Gasteiger charge is -2.22. The highest BCUT2D eigenvalue weighted by Gasteiger charge is 2.22. The smallest absolute Gasteiger partial charge is 0.223 e. The van der Waals surface area contributed by atoms with Gasteiger partial charge < -0.3 is 10.6 Å². The van der Waals surface area contributed by atoms with Crippen LogP contribution in [-0.4, -0.2) is 25.5 Å². The fourth-order valence-corrected chi connectivity index (χ4v) is 2.90. The molecule has 1 aliphatic carbocycles. The number of rotatable bonds is 4. The van der Waals surface area contributed by atoms with Crippen LogP contribution in [0.1, 0.15) is 44.9 Å². The molecule has 2 aliphatic rings. The van der Waals surface area contributed by atoms with E-state index in [4.69, 9.17) is 0 Å². The monoisotopic (exact) mass is 260 g/mol. The fourth-order valence-electron chi connectivity index (χ4n) is 2.90. The van der Waals surface area contributed by atoms with Gasteiger partial charge in [0.1, 0.15) is 0 Å². The van der Waals surface area contributed by atoms with Crippen LogP contribution in [0.25, 0.3) is 0 Å². The molecule has 2 rings (SSSR count). The Morgan fingerprint density at radius 3 is 2.41 bits per heavy atom. The molecular weight excluding hydrogens is 236 g/mol. The number of hydrogen-bond acceptors (Lipinski definition) is 2. The summed E-state index contributed by atoms with van der Waals surface area (Å²) in [7, 11) is 0. The molecule has 2 fully saturated rings. The second-order valence-corrected chi connectivity index (χ2v) is 5.25. The Bertz CT molecular complexity index is 223. The molecule has 3 nitrogen and oxygen atoms in total. The van der Waals surface area contributed by atoms with Gasteiger partial charge in [-0.15, -0.1) is 12.4 Å². The van der Waals surface area contributed by atoms with Gasteiger partial charge in [0, 0.05) is 12.5 Å². The van der Waals surface area contributed by atoms with Crippen molar-refractivity contribution in [3.63, 3.8) is 0 Å². The van der Waals surface area contributed by atoms with Crippen LogP contribution in [0.15, 0.2) is 0 Å². The van der Waals surface area contributed by atoms with Gasteiger partial charge in [0.25, 0.3) is 0 Å². The summed E-state index contributed by atoms with van der Waals surface area (Å²) < 4.78 is 0. The van der Waals surface area contributed by atoms with Gasteiger partial charge in [-0.2, -0.15) is 0 Å². The zero-order valence-electron chi connectivity index (χ0n) is 10.5. The summed E-state index contributed by atoms with van der Waals surface area (Å²) in [6.45, 7) is 3.20. The van der Waals surface area contributed by atoms with Gasteiger partial charge in [-0.25, -0.2) is 0 Å². The third-order valence-electron chi connectivity index (χ3n) is 4.04. The van der Waals surface area contributed by atoms with E-state index in [1.54, 1.807) is 0 Å². The van der Waals surface area contributed by atoms with E-state index in [1.807, 2.05) is 0 Å². The maximum atomic E-state index is 11.8. The molecular formula is C13H25ClN2O. The van der Waals surface area contributed by atoms with Crippen LogP contribution >= 0.6 is 12.4 Å². The quantitative estimate of drug-likeness (QED) is 0.813. The van der Waals surface area contributed by atoms with Gasteiger partial charge in [-0.05, 0) is 51.1 Å². The van der Waals surface area contributed by atoms with Crippen LogP contribution in [0.4, 0.5) is 0 Å². The first-order valence-electron chi connectivity index (χ1n) is 6.84. The van der Waals surface area contributed by atoms with Gasteiger partial charge in [-0.3, -0.25) is 4.79 Å². The van der Waals surface area contributed by atoms with Crippen molar-refractivity contribution >= 4 is 18.3 Å². The summed E-state index contributed by atoms with van der Waals surface area (Å²) in [6.07, 6.45) is 8.43.